The van der Waals surface area contributed by atoms with E-state index in [0.29, 0.717) is 28.2 Å². The first-order valence-electron chi connectivity index (χ1n) is 7.02. The van der Waals surface area contributed by atoms with Gasteiger partial charge in [0.05, 0.1) is 5.39 Å². The summed E-state index contributed by atoms with van der Waals surface area (Å²) in [6, 6.07) is 10.9. The largest absolute Gasteiger partial charge is 0.504 e. The highest BCUT2D eigenvalue weighted by Gasteiger charge is 2.13. The van der Waals surface area contributed by atoms with Crippen LogP contribution in [0.3, 0.4) is 0 Å². The van der Waals surface area contributed by atoms with E-state index in [0.717, 1.165) is 10.8 Å². The minimum atomic E-state index is -0.236. The van der Waals surface area contributed by atoms with Crippen molar-refractivity contribution in [1.29, 1.82) is 0 Å². The van der Waals surface area contributed by atoms with Gasteiger partial charge in [0.2, 0.25) is 0 Å². The molecule has 2 N–H and O–H groups in total. The van der Waals surface area contributed by atoms with Crippen molar-refractivity contribution in [2.75, 3.05) is 0 Å². The van der Waals surface area contributed by atoms with Crippen LogP contribution >= 0.6 is 0 Å². The summed E-state index contributed by atoms with van der Waals surface area (Å²) in [5.74, 6) is 0.712. The van der Waals surface area contributed by atoms with Crippen LogP contribution in [0.1, 0.15) is 5.76 Å². The second-order valence-electron chi connectivity index (χ2n) is 5.42. The van der Waals surface area contributed by atoms with E-state index in [1.165, 1.54) is 24.3 Å². The lowest BCUT2D eigenvalue weighted by atomic mass is 10.1. The Bertz CT molecular complexity index is 1120. The first-order chi connectivity index (χ1) is 11.0. The van der Waals surface area contributed by atoms with Gasteiger partial charge in [0.25, 0.3) is 0 Å². The fourth-order valence-corrected chi connectivity index (χ4v) is 2.73. The van der Waals surface area contributed by atoms with Crippen LogP contribution < -0.4 is 5.43 Å². The lowest BCUT2D eigenvalue weighted by Crippen LogP contribution is -1.97. The summed E-state index contributed by atoms with van der Waals surface area (Å²) in [6.07, 6.45) is 0. The second kappa shape index (κ2) is 4.64. The number of aromatic hydroxyl groups is 2. The molecule has 23 heavy (non-hydrogen) atoms. The highest BCUT2D eigenvalue weighted by atomic mass is 16.3. The zero-order chi connectivity index (χ0) is 16.1. The van der Waals surface area contributed by atoms with Crippen LogP contribution in [0.15, 0.2) is 56.1 Å². The Hall–Kier alpha value is -3.21. The average Bonchev–Trinajstić information content (AvgIpc) is 2.48. The Morgan fingerprint density at radius 3 is 2.35 bits per heavy atom. The molecule has 0 bridgehead atoms. The first kappa shape index (κ1) is 13.5. The molecule has 2 heterocycles. The highest BCUT2D eigenvalue weighted by Crippen LogP contribution is 2.35. The second-order valence-corrected chi connectivity index (χ2v) is 5.42. The molecule has 0 aliphatic rings. The summed E-state index contributed by atoms with van der Waals surface area (Å²) in [5.41, 5.74) is 1.28. The maximum absolute atomic E-state index is 11.8. The molecule has 0 saturated carbocycles. The Labute approximate surface area is 130 Å². The van der Waals surface area contributed by atoms with Gasteiger partial charge in [-0.25, -0.2) is 0 Å². The molecule has 0 radical (unpaired) electrons. The summed E-state index contributed by atoms with van der Waals surface area (Å²) in [6.45, 7) is 1.81. The third-order valence-corrected chi connectivity index (χ3v) is 3.72. The van der Waals surface area contributed by atoms with Gasteiger partial charge in [0.1, 0.15) is 22.7 Å². The number of hydrogen-bond donors (Lipinski definition) is 2. The van der Waals surface area contributed by atoms with Crippen LogP contribution in [0, 0.1) is 6.92 Å². The minimum Gasteiger partial charge on any atom is -0.504 e. The van der Waals surface area contributed by atoms with Gasteiger partial charge in [-0.2, -0.15) is 0 Å². The van der Waals surface area contributed by atoms with Crippen molar-refractivity contribution in [2.24, 2.45) is 0 Å². The molecular weight excluding hydrogens is 296 g/mol. The molecule has 0 amide bonds. The van der Waals surface area contributed by atoms with Crippen LogP contribution in [0.25, 0.3) is 33.3 Å². The number of rotatable bonds is 1. The third kappa shape index (κ3) is 2.14. The van der Waals surface area contributed by atoms with Crippen molar-refractivity contribution in [3.8, 4) is 22.8 Å². The van der Waals surface area contributed by atoms with Gasteiger partial charge in [-0.05, 0) is 42.6 Å². The van der Waals surface area contributed by atoms with Gasteiger partial charge in [-0.15, -0.1) is 0 Å². The third-order valence-electron chi connectivity index (χ3n) is 3.72. The average molecular weight is 308 g/mol. The lowest BCUT2D eigenvalue weighted by molar-refractivity contribution is 0.404. The van der Waals surface area contributed by atoms with Gasteiger partial charge in [-0.3, -0.25) is 4.79 Å². The fraction of sp³-hybridized carbons (Fsp3) is 0.0556. The van der Waals surface area contributed by atoms with E-state index < -0.39 is 0 Å². The smallest absolute Gasteiger partial charge is 0.186 e. The molecule has 5 nitrogen and oxygen atoms in total. The Morgan fingerprint density at radius 1 is 0.870 bits per heavy atom. The quantitative estimate of drug-likeness (QED) is 0.521. The number of hydrogen-bond acceptors (Lipinski definition) is 5. The lowest BCUT2D eigenvalue weighted by Gasteiger charge is -2.09. The molecule has 0 spiro atoms. The number of benzene rings is 2. The summed E-state index contributed by atoms with van der Waals surface area (Å²) in [4.78, 5) is 11.8. The summed E-state index contributed by atoms with van der Waals surface area (Å²) < 4.78 is 11.4. The zero-order valence-corrected chi connectivity index (χ0v) is 12.2. The predicted octanol–water partition coefficient (Wildman–Crippen LogP) is 3.93. The van der Waals surface area contributed by atoms with E-state index in [2.05, 4.69) is 0 Å². The van der Waals surface area contributed by atoms with Crippen molar-refractivity contribution >= 4 is 21.9 Å². The minimum absolute atomic E-state index is 0.204. The van der Waals surface area contributed by atoms with Crippen LogP contribution in [0.2, 0.25) is 0 Å². The van der Waals surface area contributed by atoms with Gasteiger partial charge in [-0.1, -0.05) is 0 Å². The Balaban J connectivity index is 2.09. The standard InChI is InChI=1S/C18H12O5/c1-9-4-11-6-15(10-2-3-13(20)14(21)5-10)23-17-8-12(19)7-16(22-9)18(11)17/h2-8,20-21H,1H3. The van der Waals surface area contributed by atoms with Gasteiger partial charge in [0, 0.05) is 17.7 Å². The summed E-state index contributed by atoms with van der Waals surface area (Å²) >= 11 is 0. The maximum Gasteiger partial charge on any atom is 0.186 e. The number of phenols is 2. The SMILES string of the molecule is Cc1cc2cc(-c3ccc(O)c(O)c3)oc3cc(=O)cc(o1)c23. The van der Waals surface area contributed by atoms with E-state index in [4.69, 9.17) is 8.83 Å². The molecule has 2 aromatic heterocycles. The van der Waals surface area contributed by atoms with Crippen LogP contribution in [-0.2, 0) is 0 Å². The van der Waals surface area contributed by atoms with E-state index >= 15 is 0 Å². The van der Waals surface area contributed by atoms with E-state index in [9.17, 15) is 15.0 Å². The molecule has 0 aliphatic heterocycles. The Kier molecular flexibility index (Phi) is 2.72. The molecule has 2 aromatic carbocycles. The molecule has 0 fully saturated rings. The van der Waals surface area contributed by atoms with Crippen molar-refractivity contribution < 1.29 is 19.0 Å². The first-order valence-corrected chi connectivity index (χ1v) is 7.02. The maximum atomic E-state index is 11.8. The van der Waals surface area contributed by atoms with Crippen LogP contribution in [0.4, 0.5) is 0 Å². The molecular formula is C18H12O5. The van der Waals surface area contributed by atoms with E-state index in [1.807, 2.05) is 19.1 Å². The van der Waals surface area contributed by atoms with E-state index in [1.54, 1.807) is 6.07 Å². The summed E-state index contributed by atoms with van der Waals surface area (Å²) in [5, 5.41) is 20.7. The van der Waals surface area contributed by atoms with Crippen LogP contribution in [0.5, 0.6) is 11.5 Å². The van der Waals surface area contributed by atoms with Gasteiger partial charge >= 0.3 is 0 Å². The van der Waals surface area contributed by atoms with Crippen molar-refractivity contribution in [3.05, 3.63) is 58.4 Å². The van der Waals surface area contributed by atoms with E-state index in [-0.39, 0.29) is 16.9 Å². The van der Waals surface area contributed by atoms with Crippen molar-refractivity contribution in [2.45, 2.75) is 6.92 Å². The topological polar surface area (TPSA) is 83.8 Å². The fourth-order valence-electron chi connectivity index (χ4n) is 2.73. The molecule has 0 aliphatic carbocycles. The van der Waals surface area contributed by atoms with Crippen molar-refractivity contribution in [3.63, 3.8) is 0 Å². The highest BCUT2D eigenvalue weighted by molar-refractivity contribution is 6.06. The molecule has 4 aromatic rings. The van der Waals surface area contributed by atoms with Crippen molar-refractivity contribution in [1.82, 2.24) is 0 Å². The van der Waals surface area contributed by atoms with Crippen LogP contribution in [-0.4, -0.2) is 10.2 Å². The van der Waals surface area contributed by atoms with Gasteiger partial charge < -0.3 is 19.0 Å². The number of phenolic OH excluding ortho intramolecular Hbond substituents is 2. The molecule has 114 valence electrons. The molecule has 5 heteroatoms. The van der Waals surface area contributed by atoms with Gasteiger partial charge in [0.15, 0.2) is 16.9 Å². The normalized spacial score (nSPS) is 11.3. The predicted molar refractivity (Wildman–Crippen MR) is 85.8 cm³/mol. The molecule has 0 saturated heterocycles. The zero-order valence-electron chi connectivity index (χ0n) is 12.2. The monoisotopic (exact) mass is 308 g/mol. The molecule has 4 rings (SSSR count). The Morgan fingerprint density at radius 2 is 1.61 bits per heavy atom. The number of aryl methyl sites for hydroxylation is 1. The molecule has 0 atom stereocenters. The summed E-state index contributed by atoms with van der Waals surface area (Å²) in [7, 11) is 0. The molecule has 0 unspecified atom stereocenters.